The Morgan fingerprint density at radius 2 is 1.68 bits per heavy atom. The minimum Gasteiger partial charge on any atom is -0.497 e. The van der Waals surface area contributed by atoms with Crippen LogP contribution in [0.15, 0.2) is 47.4 Å². The van der Waals surface area contributed by atoms with Crippen molar-refractivity contribution >= 4 is 21.6 Å². The lowest BCUT2D eigenvalue weighted by molar-refractivity contribution is -0.116. The third-order valence-corrected chi connectivity index (χ3v) is 5.71. The second-order valence-corrected chi connectivity index (χ2v) is 7.82. The van der Waals surface area contributed by atoms with Gasteiger partial charge in [0.1, 0.15) is 17.2 Å². The van der Waals surface area contributed by atoms with Gasteiger partial charge in [0.05, 0.1) is 38.0 Å². The molecule has 8 nitrogen and oxygen atoms in total. The number of rotatable bonds is 9. The number of sulfonamides is 1. The maximum atomic E-state index is 12.7. The Balaban J connectivity index is 2.11. The Hall–Kier alpha value is -2.78. The van der Waals surface area contributed by atoms with Gasteiger partial charge in [-0.05, 0) is 43.3 Å². The molecule has 28 heavy (non-hydrogen) atoms. The maximum Gasteiger partial charge on any atom is 0.243 e. The number of benzene rings is 2. The van der Waals surface area contributed by atoms with E-state index >= 15 is 0 Å². The van der Waals surface area contributed by atoms with E-state index < -0.39 is 15.9 Å². The minimum absolute atomic E-state index is 0.0743. The van der Waals surface area contributed by atoms with E-state index in [-0.39, 0.29) is 11.4 Å². The molecule has 0 unspecified atom stereocenters. The number of hydrogen-bond donors (Lipinski definition) is 1. The molecule has 1 N–H and O–H groups in total. The lowest BCUT2D eigenvalue weighted by atomic mass is 10.2. The fraction of sp³-hybridized carbons (Fsp3) is 0.316. The summed E-state index contributed by atoms with van der Waals surface area (Å²) in [7, 11) is 0.493. The number of ether oxygens (including phenoxy) is 3. The molecule has 0 atom stereocenters. The topological polar surface area (TPSA) is 94.2 Å². The normalized spacial score (nSPS) is 11.2. The number of hydrogen-bond acceptors (Lipinski definition) is 6. The van der Waals surface area contributed by atoms with Crippen molar-refractivity contribution in [3.63, 3.8) is 0 Å². The predicted molar refractivity (Wildman–Crippen MR) is 106 cm³/mol. The SMILES string of the molecule is CCOc1ccc(S(=O)(=O)N(C)CC(=O)Nc2cc(OC)ccc2OC)cc1. The number of anilines is 1. The van der Waals surface area contributed by atoms with Gasteiger partial charge in [0.2, 0.25) is 15.9 Å². The van der Waals surface area contributed by atoms with Crippen LogP contribution in [0.4, 0.5) is 5.69 Å². The van der Waals surface area contributed by atoms with Crippen LogP contribution in [0, 0.1) is 0 Å². The Bertz CT molecular complexity index is 913. The molecule has 0 aromatic heterocycles. The summed E-state index contributed by atoms with van der Waals surface area (Å²) in [6.45, 7) is 1.96. The molecular formula is C19H24N2O6S. The zero-order valence-electron chi connectivity index (χ0n) is 16.3. The van der Waals surface area contributed by atoms with E-state index in [2.05, 4.69) is 5.32 Å². The van der Waals surface area contributed by atoms with E-state index in [1.165, 1.54) is 33.4 Å². The molecule has 0 radical (unpaired) electrons. The van der Waals surface area contributed by atoms with Gasteiger partial charge in [0.25, 0.3) is 0 Å². The van der Waals surface area contributed by atoms with Crippen LogP contribution >= 0.6 is 0 Å². The zero-order valence-corrected chi connectivity index (χ0v) is 17.1. The number of nitrogens with one attached hydrogen (secondary N) is 1. The molecule has 0 heterocycles. The van der Waals surface area contributed by atoms with Gasteiger partial charge in [0.15, 0.2) is 0 Å². The average Bonchev–Trinajstić information content (AvgIpc) is 2.68. The van der Waals surface area contributed by atoms with Gasteiger partial charge >= 0.3 is 0 Å². The summed E-state index contributed by atoms with van der Waals surface area (Å²) in [5, 5.41) is 2.65. The van der Waals surface area contributed by atoms with Crippen molar-refractivity contribution < 1.29 is 27.4 Å². The van der Waals surface area contributed by atoms with Gasteiger partial charge in [0, 0.05) is 13.1 Å². The van der Waals surface area contributed by atoms with E-state index in [1.807, 2.05) is 6.92 Å². The van der Waals surface area contributed by atoms with E-state index in [0.29, 0.717) is 29.5 Å². The number of likely N-dealkylation sites (N-methyl/N-ethyl adjacent to an activating group) is 1. The van der Waals surface area contributed by atoms with Crippen LogP contribution in [-0.4, -0.2) is 53.0 Å². The summed E-state index contributed by atoms with van der Waals surface area (Å²) in [4.78, 5) is 12.4. The fourth-order valence-electron chi connectivity index (χ4n) is 2.44. The number of methoxy groups -OCH3 is 2. The van der Waals surface area contributed by atoms with Crippen LogP contribution in [-0.2, 0) is 14.8 Å². The van der Waals surface area contributed by atoms with Crippen LogP contribution < -0.4 is 19.5 Å². The van der Waals surface area contributed by atoms with Crippen LogP contribution in [0.2, 0.25) is 0 Å². The molecule has 2 aromatic rings. The monoisotopic (exact) mass is 408 g/mol. The highest BCUT2D eigenvalue weighted by atomic mass is 32.2. The average molecular weight is 408 g/mol. The van der Waals surface area contributed by atoms with Crippen LogP contribution in [0.5, 0.6) is 17.2 Å². The smallest absolute Gasteiger partial charge is 0.243 e. The number of carbonyl (C=O) groups excluding carboxylic acids is 1. The lowest BCUT2D eigenvalue weighted by Crippen LogP contribution is -2.35. The first-order chi connectivity index (χ1) is 13.3. The van der Waals surface area contributed by atoms with Gasteiger partial charge in [-0.3, -0.25) is 4.79 Å². The highest BCUT2D eigenvalue weighted by molar-refractivity contribution is 7.89. The second-order valence-electron chi connectivity index (χ2n) is 5.78. The molecule has 152 valence electrons. The molecule has 2 aromatic carbocycles. The van der Waals surface area contributed by atoms with Crippen LogP contribution in [0.3, 0.4) is 0 Å². The first-order valence-corrected chi connectivity index (χ1v) is 9.97. The molecule has 0 saturated heterocycles. The van der Waals surface area contributed by atoms with Crippen molar-refractivity contribution in [1.29, 1.82) is 0 Å². The summed E-state index contributed by atoms with van der Waals surface area (Å²) in [5.41, 5.74) is 0.388. The summed E-state index contributed by atoms with van der Waals surface area (Å²) < 4.78 is 42.0. The van der Waals surface area contributed by atoms with Gasteiger partial charge in [-0.1, -0.05) is 0 Å². The predicted octanol–water partition coefficient (Wildman–Crippen LogP) is 2.36. The van der Waals surface area contributed by atoms with Gasteiger partial charge < -0.3 is 19.5 Å². The summed E-state index contributed by atoms with van der Waals surface area (Å²) in [5.74, 6) is 1.04. The van der Waals surface area contributed by atoms with E-state index in [1.54, 1.807) is 30.3 Å². The van der Waals surface area contributed by atoms with Crippen molar-refractivity contribution in [3.05, 3.63) is 42.5 Å². The molecule has 0 aliphatic heterocycles. The number of amides is 1. The van der Waals surface area contributed by atoms with Crippen LogP contribution in [0.1, 0.15) is 6.92 Å². The standard InChI is InChI=1S/C19H24N2O6S/c1-5-27-14-6-9-16(10-7-14)28(23,24)21(2)13-19(22)20-17-12-15(25-3)8-11-18(17)26-4/h6-12H,5,13H2,1-4H3,(H,20,22). The van der Waals surface area contributed by atoms with E-state index in [4.69, 9.17) is 14.2 Å². The van der Waals surface area contributed by atoms with Crippen molar-refractivity contribution in [3.8, 4) is 17.2 Å². The lowest BCUT2D eigenvalue weighted by Gasteiger charge is -2.18. The molecule has 0 saturated carbocycles. The molecule has 0 spiro atoms. The Morgan fingerprint density at radius 1 is 1.04 bits per heavy atom. The Kier molecular flexibility index (Phi) is 7.24. The third-order valence-electron chi connectivity index (χ3n) is 3.89. The fourth-order valence-corrected chi connectivity index (χ4v) is 3.57. The molecule has 0 bridgehead atoms. The highest BCUT2D eigenvalue weighted by Gasteiger charge is 2.23. The van der Waals surface area contributed by atoms with Crippen molar-refractivity contribution in [2.45, 2.75) is 11.8 Å². The molecular weight excluding hydrogens is 384 g/mol. The van der Waals surface area contributed by atoms with Crippen LogP contribution in [0.25, 0.3) is 0 Å². The first kappa shape index (κ1) is 21.5. The largest absolute Gasteiger partial charge is 0.497 e. The highest BCUT2D eigenvalue weighted by Crippen LogP contribution is 2.29. The molecule has 9 heteroatoms. The molecule has 0 aliphatic carbocycles. The third kappa shape index (κ3) is 5.14. The van der Waals surface area contributed by atoms with Crippen molar-refractivity contribution in [1.82, 2.24) is 4.31 Å². The first-order valence-electron chi connectivity index (χ1n) is 8.53. The number of nitrogens with zero attached hydrogens (tertiary/aromatic N) is 1. The second kappa shape index (κ2) is 9.43. The zero-order chi connectivity index (χ0) is 20.7. The van der Waals surface area contributed by atoms with Gasteiger partial charge in [-0.25, -0.2) is 8.42 Å². The van der Waals surface area contributed by atoms with Gasteiger partial charge in [-0.15, -0.1) is 0 Å². The number of carbonyl (C=O) groups is 1. The van der Waals surface area contributed by atoms with Crippen molar-refractivity contribution in [2.24, 2.45) is 0 Å². The molecule has 0 fully saturated rings. The summed E-state index contributed by atoms with van der Waals surface area (Å²) in [6.07, 6.45) is 0. The Morgan fingerprint density at radius 3 is 2.25 bits per heavy atom. The minimum atomic E-state index is -3.83. The molecule has 2 rings (SSSR count). The maximum absolute atomic E-state index is 12.7. The Labute approximate surface area is 165 Å². The quantitative estimate of drug-likeness (QED) is 0.685. The molecule has 0 aliphatic rings. The van der Waals surface area contributed by atoms with E-state index in [9.17, 15) is 13.2 Å². The van der Waals surface area contributed by atoms with E-state index in [0.717, 1.165) is 4.31 Å². The van der Waals surface area contributed by atoms with Crippen molar-refractivity contribution in [2.75, 3.05) is 39.7 Å². The summed E-state index contributed by atoms with van der Waals surface area (Å²) in [6, 6.07) is 11.0. The molecule has 1 amide bonds. The summed E-state index contributed by atoms with van der Waals surface area (Å²) >= 11 is 0. The van der Waals surface area contributed by atoms with Gasteiger partial charge in [-0.2, -0.15) is 4.31 Å².